The van der Waals surface area contributed by atoms with Gasteiger partial charge in [0.05, 0.1) is 15.9 Å². The number of hydrogen-bond acceptors (Lipinski definition) is 4. The van der Waals surface area contributed by atoms with Crippen molar-refractivity contribution in [1.29, 1.82) is 0 Å². The minimum Gasteiger partial charge on any atom is -0.504 e. The van der Waals surface area contributed by atoms with Gasteiger partial charge in [0.1, 0.15) is 5.15 Å². The molecule has 0 amide bonds. The van der Waals surface area contributed by atoms with Gasteiger partial charge in [-0.25, -0.2) is 9.97 Å². The van der Waals surface area contributed by atoms with Crippen molar-refractivity contribution in [1.82, 2.24) is 9.97 Å². The molecule has 0 unspecified atom stereocenters. The lowest BCUT2D eigenvalue weighted by Gasteiger charge is -2.09. The molecule has 6 heteroatoms. The molecule has 100 valence electrons. The molecule has 1 N–H and O–H groups in total. The van der Waals surface area contributed by atoms with E-state index < -0.39 is 0 Å². The van der Waals surface area contributed by atoms with E-state index in [1.165, 1.54) is 0 Å². The van der Waals surface area contributed by atoms with Crippen molar-refractivity contribution in [2.45, 2.75) is 13.8 Å². The van der Waals surface area contributed by atoms with E-state index in [1.54, 1.807) is 18.2 Å². The fourth-order valence-corrected chi connectivity index (χ4v) is 2.04. The van der Waals surface area contributed by atoms with Gasteiger partial charge < -0.3 is 9.84 Å². The molecule has 0 aliphatic rings. The van der Waals surface area contributed by atoms with Gasteiger partial charge >= 0.3 is 0 Å². The highest BCUT2D eigenvalue weighted by molar-refractivity contribution is 14.1. The van der Waals surface area contributed by atoms with Gasteiger partial charge in [-0.05, 0) is 54.6 Å². The minimum absolute atomic E-state index is 0.0962. The molecule has 0 fully saturated rings. The minimum atomic E-state index is 0.0962. The zero-order valence-corrected chi connectivity index (χ0v) is 13.4. The number of ether oxygens (including phenoxy) is 1. The van der Waals surface area contributed by atoms with Gasteiger partial charge in [-0.1, -0.05) is 11.6 Å². The molecule has 4 nitrogen and oxygen atoms in total. The van der Waals surface area contributed by atoms with Crippen LogP contribution in [0.5, 0.6) is 11.5 Å². The van der Waals surface area contributed by atoms with Crippen LogP contribution in [0.1, 0.15) is 12.6 Å². The molecule has 0 bridgehead atoms. The Morgan fingerprint density at radius 1 is 1.37 bits per heavy atom. The van der Waals surface area contributed by atoms with E-state index in [4.69, 9.17) is 16.3 Å². The monoisotopic (exact) mass is 390 g/mol. The van der Waals surface area contributed by atoms with Crippen LogP contribution in [0.4, 0.5) is 0 Å². The summed E-state index contributed by atoms with van der Waals surface area (Å²) in [6, 6.07) is 5.00. The average molecular weight is 391 g/mol. The van der Waals surface area contributed by atoms with Crippen LogP contribution in [-0.2, 0) is 0 Å². The first-order valence-electron chi connectivity index (χ1n) is 5.68. The number of aromatic hydroxyl groups is 1. The van der Waals surface area contributed by atoms with Gasteiger partial charge in [0, 0.05) is 5.56 Å². The first-order valence-corrected chi connectivity index (χ1v) is 7.14. The molecule has 0 saturated heterocycles. The maximum absolute atomic E-state index is 9.67. The highest BCUT2D eigenvalue weighted by atomic mass is 127. The summed E-state index contributed by atoms with van der Waals surface area (Å²) < 4.78 is 6.18. The van der Waals surface area contributed by atoms with Gasteiger partial charge in [0.2, 0.25) is 0 Å². The zero-order valence-electron chi connectivity index (χ0n) is 10.4. The van der Waals surface area contributed by atoms with E-state index in [-0.39, 0.29) is 5.75 Å². The van der Waals surface area contributed by atoms with Crippen molar-refractivity contribution in [3.05, 3.63) is 32.6 Å². The summed E-state index contributed by atoms with van der Waals surface area (Å²) in [6.45, 7) is 4.21. The highest BCUT2D eigenvalue weighted by Gasteiger charge is 2.11. The van der Waals surface area contributed by atoms with E-state index in [0.29, 0.717) is 23.3 Å². The number of aromatic nitrogens is 2. The topological polar surface area (TPSA) is 55.2 Å². The van der Waals surface area contributed by atoms with Crippen LogP contribution < -0.4 is 4.74 Å². The molecule has 2 aromatic rings. The molecule has 19 heavy (non-hydrogen) atoms. The van der Waals surface area contributed by atoms with Crippen LogP contribution in [0.25, 0.3) is 11.4 Å². The highest BCUT2D eigenvalue weighted by Crippen LogP contribution is 2.31. The van der Waals surface area contributed by atoms with Crippen LogP contribution in [0.15, 0.2) is 18.2 Å². The zero-order chi connectivity index (χ0) is 14.0. The average Bonchev–Trinajstić information content (AvgIpc) is 2.38. The number of halogens is 2. The van der Waals surface area contributed by atoms with E-state index in [2.05, 4.69) is 32.6 Å². The molecule has 0 aliphatic carbocycles. The molecule has 0 aliphatic heterocycles. The maximum Gasteiger partial charge on any atom is 0.161 e. The molecule has 0 saturated carbocycles. The summed E-state index contributed by atoms with van der Waals surface area (Å²) >= 11 is 8.17. The molecule has 0 radical (unpaired) electrons. The quantitative estimate of drug-likeness (QED) is 0.639. The van der Waals surface area contributed by atoms with Crippen LogP contribution in [0.3, 0.4) is 0 Å². The van der Waals surface area contributed by atoms with Crippen molar-refractivity contribution >= 4 is 34.2 Å². The normalized spacial score (nSPS) is 10.5. The Bertz CT molecular complexity index is 597. The van der Waals surface area contributed by atoms with E-state index in [9.17, 15) is 5.11 Å². The first-order chi connectivity index (χ1) is 9.02. The largest absolute Gasteiger partial charge is 0.504 e. The first kappa shape index (κ1) is 14.3. The Kier molecular flexibility index (Phi) is 4.46. The van der Waals surface area contributed by atoms with Crippen LogP contribution in [0, 0.1) is 10.5 Å². The summed E-state index contributed by atoms with van der Waals surface area (Å²) in [6.07, 6.45) is 0. The predicted molar refractivity (Wildman–Crippen MR) is 82.8 cm³/mol. The molecular formula is C13H12ClIN2O2. The van der Waals surface area contributed by atoms with Crippen molar-refractivity contribution in [2.75, 3.05) is 6.61 Å². The molecule has 0 spiro atoms. The Balaban J connectivity index is 2.50. The Labute approximate surface area is 129 Å². The second kappa shape index (κ2) is 5.92. The number of rotatable bonds is 3. The van der Waals surface area contributed by atoms with Crippen molar-refractivity contribution in [2.24, 2.45) is 0 Å². The van der Waals surface area contributed by atoms with Crippen LogP contribution in [-0.4, -0.2) is 21.7 Å². The second-order valence-electron chi connectivity index (χ2n) is 3.85. The molecule has 1 heterocycles. The SMILES string of the molecule is CCOc1cc(-c2nc(C)c(I)c(Cl)n2)ccc1O. The second-order valence-corrected chi connectivity index (χ2v) is 5.29. The molecular weight excluding hydrogens is 379 g/mol. The third-order valence-corrected chi connectivity index (χ3v) is 4.38. The third-order valence-electron chi connectivity index (χ3n) is 2.49. The van der Waals surface area contributed by atoms with E-state index in [0.717, 1.165) is 14.8 Å². The fourth-order valence-electron chi connectivity index (χ4n) is 1.58. The lowest BCUT2D eigenvalue weighted by Crippen LogP contribution is -1.97. The summed E-state index contributed by atoms with van der Waals surface area (Å²) in [5.74, 6) is 1.03. The predicted octanol–water partition coefficient (Wildman–Crippen LogP) is 3.81. The number of aryl methyl sites for hydroxylation is 1. The van der Waals surface area contributed by atoms with Gasteiger partial charge in [-0.2, -0.15) is 0 Å². The smallest absolute Gasteiger partial charge is 0.161 e. The standard InChI is InChI=1S/C13H12ClIN2O2/c1-3-19-10-6-8(4-5-9(10)18)13-16-7(2)11(15)12(14)17-13/h4-6,18H,3H2,1-2H3. The maximum atomic E-state index is 9.67. The number of hydrogen-bond donors (Lipinski definition) is 1. The van der Waals surface area contributed by atoms with Gasteiger partial charge in [0.25, 0.3) is 0 Å². The van der Waals surface area contributed by atoms with E-state index >= 15 is 0 Å². The van der Waals surface area contributed by atoms with Crippen LogP contribution in [0.2, 0.25) is 5.15 Å². The summed E-state index contributed by atoms with van der Waals surface area (Å²) in [5, 5.41) is 10.1. The van der Waals surface area contributed by atoms with Crippen LogP contribution >= 0.6 is 34.2 Å². The Morgan fingerprint density at radius 2 is 2.11 bits per heavy atom. The van der Waals surface area contributed by atoms with Gasteiger partial charge in [-0.3, -0.25) is 0 Å². The number of benzene rings is 1. The third kappa shape index (κ3) is 3.09. The number of phenols is 1. The summed E-state index contributed by atoms with van der Waals surface area (Å²) in [4.78, 5) is 8.64. The lowest BCUT2D eigenvalue weighted by atomic mass is 10.2. The number of phenolic OH excluding ortho intramolecular Hbond substituents is 1. The molecule has 1 aromatic carbocycles. The summed E-state index contributed by atoms with van der Waals surface area (Å²) in [7, 11) is 0. The molecule has 0 atom stereocenters. The Morgan fingerprint density at radius 3 is 2.74 bits per heavy atom. The molecule has 2 rings (SSSR count). The fraction of sp³-hybridized carbons (Fsp3) is 0.231. The number of nitrogens with zero attached hydrogens (tertiary/aromatic N) is 2. The van der Waals surface area contributed by atoms with E-state index in [1.807, 2.05) is 13.8 Å². The lowest BCUT2D eigenvalue weighted by molar-refractivity contribution is 0.318. The van der Waals surface area contributed by atoms with Gasteiger partial charge in [-0.15, -0.1) is 0 Å². The Hall–Kier alpha value is -1.08. The van der Waals surface area contributed by atoms with Gasteiger partial charge in [0.15, 0.2) is 17.3 Å². The van der Waals surface area contributed by atoms with Crippen molar-refractivity contribution in [3.63, 3.8) is 0 Å². The summed E-state index contributed by atoms with van der Waals surface area (Å²) in [5.41, 5.74) is 1.57. The van der Waals surface area contributed by atoms with Crippen molar-refractivity contribution < 1.29 is 9.84 Å². The molecule has 1 aromatic heterocycles. The van der Waals surface area contributed by atoms with Crippen molar-refractivity contribution in [3.8, 4) is 22.9 Å².